The molecule has 1 aliphatic carbocycles. The quantitative estimate of drug-likeness (QED) is 0.907. The van der Waals surface area contributed by atoms with Gasteiger partial charge in [-0.3, -0.25) is 9.69 Å². The summed E-state index contributed by atoms with van der Waals surface area (Å²) in [5.41, 5.74) is 1.86. The van der Waals surface area contributed by atoms with E-state index >= 15 is 0 Å². The molecule has 0 aliphatic heterocycles. The van der Waals surface area contributed by atoms with Crippen LogP contribution < -0.4 is 0 Å². The molecule has 0 bridgehead atoms. The number of hydrogen-bond acceptors (Lipinski definition) is 3. The number of aryl methyl sites for hydroxylation is 1. The minimum Gasteiger partial charge on any atom is -0.389 e. The van der Waals surface area contributed by atoms with Gasteiger partial charge in [-0.1, -0.05) is 24.3 Å². The maximum absolute atomic E-state index is 12.6. The maximum atomic E-state index is 12.6. The molecule has 0 fully saturated rings. The summed E-state index contributed by atoms with van der Waals surface area (Å²) in [4.78, 5) is 16.3. The Morgan fingerprint density at radius 2 is 2.00 bits per heavy atom. The van der Waals surface area contributed by atoms with Crippen molar-refractivity contribution in [3.63, 3.8) is 0 Å². The van der Waals surface area contributed by atoms with Gasteiger partial charge in [-0.15, -0.1) is 0 Å². The van der Waals surface area contributed by atoms with E-state index in [1.807, 2.05) is 23.9 Å². The van der Waals surface area contributed by atoms with E-state index in [4.69, 9.17) is 0 Å². The minimum absolute atomic E-state index is 0.105. The number of likely N-dealkylation sites (N-methyl/N-ethyl adjacent to an activating group) is 2. The van der Waals surface area contributed by atoms with Crippen LogP contribution >= 0.6 is 0 Å². The third-order valence-corrected chi connectivity index (χ3v) is 4.26. The lowest BCUT2D eigenvalue weighted by molar-refractivity contribution is -0.133. The van der Waals surface area contributed by atoms with Crippen LogP contribution in [-0.2, 0) is 11.2 Å². The highest BCUT2D eigenvalue weighted by Crippen LogP contribution is 2.33. The van der Waals surface area contributed by atoms with Gasteiger partial charge in [0.2, 0.25) is 5.91 Å². The predicted octanol–water partition coefficient (Wildman–Crippen LogP) is 2.23. The summed E-state index contributed by atoms with van der Waals surface area (Å²) in [5, 5.41) is 9.85. The van der Waals surface area contributed by atoms with E-state index in [1.165, 1.54) is 11.1 Å². The highest BCUT2D eigenvalue weighted by molar-refractivity contribution is 5.78. The molecule has 0 spiro atoms. The first kappa shape index (κ1) is 17.0. The van der Waals surface area contributed by atoms with Crippen molar-refractivity contribution in [3.05, 3.63) is 35.4 Å². The first-order chi connectivity index (χ1) is 10.3. The van der Waals surface area contributed by atoms with E-state index in [2.05, 4.69) is 24.3 Å². The molecule has 1 amide bonds. The van der Waals surface area contributed by atoms with E-state index in [1.54, 1.807) is 13.8 Å². The fourth-order valence-electron chi connectivity index (χ4n) is 3.36. The molecule has 0 saturated carbocycles. The molecule has 0 saturated heterocycles. The molecule has 0 radical (unpaired) electrons. The SMILES string of the molecule is CN(CC(=O)N(C)C1CCCc2ccccc21)CC(C)(C)O. The average Bonchev–Trinajstić information content (AvgIpc) is 2.43. The fraction of sp³-hybridized carbons (Fsp3) is 0.611. The summed E-state index contributed by atoms with van der Waals surface area (Å²) >= 11 is 0. The standard InChI is InChI=1S/C18H28N2O2/c1-18(2,22)13-19(3)12-17(21)20(4)16-11-7-9-14-8-5-6-10-15(14)16/h5-6,8,10,16,22H,7,9,11-13H2,1-4H3. The molecule has 22 heavy (non-hydrogen) atoms. The van der Waals surface area contributed by atoms with Crippen molar-refractivity contribution < 1.29 is 9.90 Å². The molecular formula is C18H28N2O2. The molecule has 1 aromatic carbocycles. The van der Waals surface area contributed by atoms with Gasteiger partial charge in [0.15, 0.2) is 0 Å². The Hall–Kier alpha value is -1.39. The van der Waals surface area contributed by atoms with Crippen molar-refractivity contribution in [2.24, 2.45) is 0 Å². The van der Waals surface area contributed by atoms with Crippen LogP contribution in [0.3, 0.4) is 0 Å². The number of amides is 1. The molecule has 1 atom stereocenters. The predicted molar refractivity (Wildman–Crippen MR) is 88.7 cm³/mol. The number of benzene rings is 1. The molecule has 1 N–H and O–H groups in total. The minimum atomic E-state index is -0.787. The smallest absolute Gasteiger partial charge is 0.236 e. The molecule has 4 heteroatoms. The van der Waals surface area contributed by atoms with Crippen molar-refractivity contribution in [1.82, 2.24) is 9.80 Å². The summed E-state index contributed by atoms with van der Waals surface area (Å²) in [5.74, 6) is 0.105. The summed E-state index contributed by atoms with van der Waals surface area (Å²) in [6, 6.07) is 8.60. The Balaban J connectivity index is 2.03. The van der Waals surface area contributed by atoms with Crippen LogP contribution in [0.5, 0.6) is 0 Å². The normalized spacial score (nSPS) is 18.2. The summed E-state index contributed by atoms with van der Waals surface area (Å²) in [7, 11) is 3.77. The first-order valence-electron chi connectivity index (χ1n) is 8.02. The molecular weight excluding hydrogens is 276 g/mol. The Morgan fingerprint density at radius 3 is 2.68 bits per heavy atom. The zero-order valence-corrected chi connectivity index (χ0v) is 14.2. The molecule has 0 aromatic heterocycles. The van der Waals surface area contributed by atoms with Gasteiger partial charge >= 0.3 is 0 Å². The van der Waals surface area contributed by atoms with Gasteiger partial charge in [-0.2, -0.15) is 0 Å². The van der Waals surface area contributed by atoms with Crippen LogP contribution in [0.15, 0.2) is 24.3 Å². The molecule has 1 unspecified atom stereocenters. The third kappa shape index (κ3) is 4.31. The van der Waals surface area contributed by atoms with E-state index in [-0.39, 0.29) is 11.9 Å². The molecule has 0 heterocycles. The Kier molecular flexibility index (Phi) is 5.24. The zero-order chi connectivity index (χ0) is 16.3. The second-order valence-electron chi connectivity index (χ2n) is 7.10. The lowest BCUT2D eigenvalue weighted by atomic mass is 9.87. The number of hydrogen-bond donors (Lipinski definition) is 1. The lowest BCUT2D eigenvalue weighted by Gasteiger charge is -2.34. The molecule has 2 rings (SSSR count). The highest BCUT2D eigenvalue weighted by Gasteiger charge is 2.27. The van der Waals surface area contributed by atoms with Crippen molar-refractivity contribution in [3.8, 4) is 0 Å². The number of carbonyl (C=O) groups is 1. The van der Waals surface area contributed by atoms with Crippen LogP contribution in [0.25, 0.3) is 0 Å². The number of fused-ring (bicyclic) bond motifs is 1. The fourth-order valence-corrected chi connectivity index (χ4v) is 3.36. The summed E-state index contributed by atoms with van der Waals surface area (Å²) in [6.45, 7) is 4.33. The number of aliphatic hydroxyl groups is 1. The van der Waals surface area contributed by atoms with Crippen molar-refractivity contribution in [2.75, 3.05) is 27.2 Å². The molecule has 1 aliphatic rings. The van der Waals surface area contributed by atoms with Gasteiger partial charge < -0.3 is 10.0 Å². The Labute approximate surface area is 133 Å². The summed E-state index contributed by atoms with van der Waals surface area (Å²) < 4.78 is 0. The van der Waals surface area contributed by atoms with Gasteiger partial charge in [0.1, 0.15) is 0 Å². The van der Waals surface area contributed by atoms with Crippen molar-refractivity contribution in [2.45, 2.75) is 44.8 Å². The lowest BCUT2D eigenvalue weighted by Crippen LogP contribution is -2.43. The van der Waals surface area contributed by atoms with E-state index in [0.29, 0.717) is 13.1 Å². The summed E-state index contributed by atoms with van der Waals surface area (Å²) in [6.07, 6.45) is 3.25. The van der Waals surface area contributed by atoms with Gasteiger partial charge in [0.05, 0.1) is 18.2 Å². The Bertz CT molecular complexity index is 522. The molecule has 122 valence electrons. The van der Waals surface area contributed by atoms with Crippen LogP contribution in [0.2, 0.25) is 0 Å². The van der Waals surface area contributed by atoms with Gasteiger partial charge in [0.25, 0.3) is 0 Å². The maximum Gasteiger partial charge on any atom is 0.236 e. The monoisotopic (exact) mass is 304 g/mol. The number of rotatable bonds is 5. The van der Waals surface area contributed by atoms with Crippen LogP contribution in [0, 0.1) is 0 Å². The topological polar surface area (TPSA) is 43.8 Å². The van der Waals surface area contributed by atoms with E-state index < -0.39 is 5.60 Å². The van der Waals surface area contributed by atoms with Crippen LogP contribution in [0.1, 0.15) is 43.9 Å². The second-order valence-corrected chi connectivity index (χ2v) is 7.10. The van der Waals surface area contributed by atoms with Crippen LogP contribution in [-0.4, -0.2) is 53.6 Å². The van der Waals surface area contributed by atoms with E-state index in [9.17, 15) is 9.90 Å². The zero-order valence-electron chi connectivity index (χ0n) is 14.2. The third-order valence-electron chi connectivity index (χ3n) is 4.26. The van der Waals surface area contributed by atoms with Crippen LogP contribution in [0.4, 0.5) is 0 Å². The molecule has 4 nitrogen and oxygen atoms in total. The second kappa shape index (κ2) is 6.80. The van der Waals surface area contributed by atoms with Gasteiger partial charge in [-0.25, -0.2) is 0 Å². The van der Waals surface area contributed by atoms with Gasteiger partial charge in [-0.05, 0) is 51.3 Å². The van der Waals surface area contributed by atoms with Crippen molar-refractivity contribution >= 4 is 5.91 Å². The Morgan fingerprint density at radius 1 is 1.32 bits per heavy atom. The average molecular weight is 304 g/mol. The van der Waals surface area contributed by atoms with E-state index in [0.717, 1.165) is 19.3 Å². The van der Waals surface area contributed by atoms with Crippen molar-refractivity contribution in [1.29, 1.82) is 0 Å². The highest BCUT2D eigenvalue weighted by atomic mass is 16.3. The van der Waals surface area contributed by atoms with Gasteiger partial charge in [0, 0.05) is 13.6 Å². The number of nitrogens with zero attached hydrogens (tertiary/aromatic N) is 2. The number of carbonyl (C=O) groups excluding carboxylic acids is 1. The largest absolute Gasteiger partial charge is 0.389 e. The first-order valence-corrected chi connectivity index (χ1v) is 8.02. The molecule has 1 aromatic rings.